The van der Waals surface area contributed by atoms with Crippen LogP contribution in [0.25, 0.3) is 0 Å². The zero-order chi connectivity index (χ0) is 11.3. The van der Waals surface area contributed by atoms with Crippen LogP contribution < -0.4 is 5.73 Å². The first-order valence-electron chi connectivity index (χ1n) is 4.90. The molecule has 15 heavy (non-hydrogen) atoms. The largest absolute Gasteiger partial charge is 0.384 e. The standard InChI is InChI=1S/C10H16N4S/c1-7(2)4-6-15-10-8(9(11)12)3-5-13-14-10/h3,5,7H,4,6H2,1-2H3,(H3,11,12). The van der Waals surface area contributed by atoms with E-state index in [1.54, 1.807) is 24.0 Å². The molecule has 0 radical (unpaired) electrons. The average molecular weight is 224 g/mol. The van der Waals surface area contributed by atoms with Crippen LogP contribution in [0.5, 0.6) is 0 Å². The summed E-state index contributed by atoms with van der Waals surface area (Å²) in [6.07, 6.45) is 2.68. The van der Waals surface area contributed by atoms with E-state index in [4.69, 9.17) is 11.1 Å². The molecule has 0 atom stereocenters. The summed E-state index contributed by atoms with van der Waals surface area (Å²) in [5, 5.41) is 15.9. The molecular formula is C10H16N4S. The third-order valence-corrected chi connectivity index (χ3v) is 2.93. The Balaban J connectivity index is 2.63. The minimum atomic E-state index is 0.0527. The molecule has 0 amide bonds. The second-order valence-electron chi connectivity index (χ2n) is 3.69. The Hall–Kier alpha value is -1.10. The molecule has 0 aromatic carbocycles. The SMILES string of the molecule is CC(C)CCSc1nnccc1C(=N)N. The molecule has 3 N–H and O–H groups in total. The highest BCUT2D eigenvalue weighted by Crippen LogP contribution is 2.20. The van der Waals surface area contributed by atoms with Crippen molar-refractivity contribution >= 4 is 17.6 Å². The smallest absolute Gasteiger partial charge is 0.130 e. The van der Waals surface area contributed by atoms with Crippen molar-refractivity contribution in [2.24, 2.45) is 11.7 Å². The van der Waals surface area contributed by atoms with Crippen LogP contribution in [-0.4, -0.2) is 21.8 Å². The molecule has 0 bridgehead atoms. The van der Waals surface area contributed by atoms with Gasteiger partial charge in [-0.15, -0.1) is 16.9 Å². The maximum Gasteiger partial charge on any atom is 0.130 e. The minimum absolute atomic E-state index is 0.0527. The zero-order valence-corrected chi connectivity index (χ0v) is 9.84. The molecule has 0 saturated carbocycles. The van der Waals surface area contributed by atoms with Crippen molar-refractivity contribution in [2.45, 2.75) is 25.3 Å². The van der Waals surface area contributed by atoms with Crippen molar-refractivity contribution in [3.05, 3.63) is 17.8 Å². The quantitative estimate of drug-likeness (QED) is 0.455. The first-order chi connectivity index (χ1) is 7.11. The zero-order valence-electron chi connectivity index (χ0n) is 9.03. The number of nitrogen functional groups attached to an aromatic ring is 1. The number of nitrogens with zero attached hydrogens (tertiary/aromatic N) is 2. The summed E-state index contributed by atoms with van der Waals surface area (Å²) < 4.78 is 0. The predicted molar refractivity (Wildman–Crippen MR) is 63.2 cm³/mol. The number of hydrogen-bond acceptors (Lipinski definition) is 4. The van der Waals surface area contributed by atoms with Gasteiger partial charge in [0.05, 0.1) is 11.8 Å². The fourth-order valence-corrected chi connectivity index (χ4v) is 2.24. The number of rotatable bonds is 5. The van der Waals surface area contributed by atoms with Gasteiger partial charge in [0.1, 0.15) is 10.9 Å². The van der Waals surface area contributed by atoms with E-state index in [0.717, 1.165) is 17.2 Å². The average Bonchev–Trinajstić information content (AvgIpc) is 2.17. The molecule has 4 nitrogen and oxygen atoms in total. The number of amidine groups is 1. The second-order valence-corrected chi connectivity index (χ2v) is 4.78. The number of thioether (sulfide) groups is 1. The maximum absolute atomic E-state index is 7.39. The molecule has 1 aromatic rings. The van der Waals surface area contributed by atoms with Crippen molar-refractivity contribution in [1.29, 1.82) is 5.41 Å². The Kier molecular flexibility index (Phi) is 4.55. The van der Waals surface area contributed by atoms with Gasteiger partial charge in [0.25, 0.3) is 0 Å². The van der Waals surface area contributed by atoms with Gasteiger partial charge in [-0.1, -0.05) is 13.8 Å². The molecular weight excluding hydrogens is 208 g/mol. The van der Waals surface area contributed by atoms with Crippen molar-refractivity contribution in [1.82, 2.24) is 10.2 Å². The Bertz CT molecular complexity index is 338. The predicted octanol–water partition coefficient (Wildman–Crippen LogP) is 1.90. The molecule has 0 saturated heterocycles. The van der Waals surface area contributed by atoms with E-state index in [1.165, 1.54) is 0 Å². The Morgan fingerprint density at radius 1 is 1.60 bits per heavy atom. The molecule has 82 valence electrons. The fraction of sp³-hybridized carbons (Fsp3) is 0.500. The Morgan fingerprint density at radius 2 is 2.33 bits per heavy atom. The van der Waals surface area contributed by atoms with Crippen LogP contribution >= 0.6 is 11.8 Å². The van der Waals surface area contributed by atoms with Gasteiger partial charge in [-0.25, -0.2) is 0 Å². The van der Waals surface area contributed by atoms with Gasteiger partial charge in [-0.05, 0) is 24.2 Å². The number of hydrogen-bond donors (Lipinski definition) is 2. The Morgan fingerprint density at radius 3 is 2.93 bits per heavy atom. The maximum atomic E-state index is 7.39. The number of nitrogens with two attached hydrogens (primary N) is 1. The minimum Gasteiger partial charge on any atom is -0.384 e. The van der Waals surface area contributed by atoms with E-state index in [1.807, 2.05) is 0 Å². The van der Waals surface area contributed by atoms with Crippen LogP contribution in [0.15, 0.2) is 17.3 Å². The number of nitrogens with one attached hydrogen (secondary N) is 1. The third-order valence-electron chi connectivity index (χ3n) is 1.91. The van der Waals surface area contributed by atoms with Crippen LogP contribution in [0, 0.1) is 11.3 Å². The lowest BCUT2D eigenvalue weighted by Crippen LogP contribution is -2.13. The fourth-order valence-electron chi connectivity index (χ4n) is 1.02. The molecule has 1 rings (SSSR count). The summed E-state index contributed by atoms with van der Waals surface area (Å²) in [5.41, 5.74) is 6.13. The van der Waals surface area contributed by atoms with Gasteiger partial charge in [0, 0.05) is 0 Å². The highest BCUT2D eigenvalue weighted by molar-refractivity contribution is 7.99. The first-order valence-corrected chi connectivity index (χ1v) is 5.88. The van der Waals surface area contributed by atoms with Crippen LogP contribution in [0.3, 0.4) is 0 Å². The summed E-state index contributed by atoms with van der Waals surface area (Å²) in [4.78, 5) is 0. The second kappa shape index (κ2) is 5.70. The molecule has 0 fully saturated rings. The molecule has 0 aliphatic carbocycles. The van der Waals surface area contributed by atoms with Gasteiger partial charge in [0.15, 0.2) is 0 Å². The highest BCUT2D eigenvalue weighted by Gasteiger charge is 2.07. The van der Waals surface area contributed by atoms with Gasteiger partial charge < -0.3 is 5.73 Å². The molecule has 0 spiro atoms. The molecule has 1 heterocycles. The monoisotopic (exact) mass is 224 g/mol. The van der Waals surface area contributed by atoms with E-state index in [9.17, 15) is 0 Å². The van der Waals surface area contributed by atoms with Crippen molar-refractivity contribution in [3.8, 4) is 0 Å². The van der Waals surface area contributed by atoms with E-state index in [2.05, 4.69) is 24.0 Å². The van der Waals surface area contributed by atoms with Crippen LogP contribution in [0.4, 0.5) is 0 Å². The summed E-state index contributed by atoms with van der Waals surface area (Å²) >= 11 is 1.61. The summed E-state index contributed by atoms with van der Waals surface area (Å²) in [6.45, 7) is 4.37. The molecule has 0 aliphatic heterocycles. The normalized spacial score (nSPS) is 10.6. The molecule has 5 heteroatoms. The van der Waals surface area contributed by atoms with Crippen molar-refractivity contribution < 1.29 is 0 Å². The van der Waals surface area contributed by atoms with E-state index < -0.39 is 0 Å². The van der Waals surface area contributed by atoms with Crippen molar-refractivity contribution in [3.63, 3.8) is 0 Å². The molecule has 0 unspecified atom stereocenters. The van der Waals surface area contributed by atoms with Crippen LogP contribution in [0.2, 0.25) is 0 Å². The lowest BCUT2D eigenvalue weighted by Gasteiger charge is -2.06. The van der Waals surface area contributed by atoms with Gasteiger partial charge in [0.2, 0.25) is 0 Å². The van der Waals surface area contributed by atoms with Gasteiger partial charge >= 0.3 is 0 Å². The van der Waals surface area contributed by atoms with Gasteiger partial charge in [-0.3, -0.25) is 5.41 Å². The molecule has 0 aliphatic rings. The highest BCUT2D eigenvalue weighted by atomic mass is 32.2. The number of aromatic nitrogens is 2. The molecule has 1 aromatic heterocycles. The van der Waals surface area contributed by atoms with Crippen LogP contribution in [0.1, 0.15) is 25.8 Å². The summed E-state index contributed by atoms with van der Waals surface area (Å²) in [7, 11) is 0. The summed E-state index contributed by atoms with van der Waals surface area (Å²) in [5.74, 6) is 1.71. The lowest BCUT2D eigenvalue weighted by atomic mass is 10.2. The topological polar surface area (TPSA) is 75.7 Å². The Labute approximate surface area is 94.2 Å². The summed E-state index contributed by atoms with van der Waals surface area (Å²) in [6, 6.07) is 1.73. The van der Waals surface area contributed by atoms with E-state index in [0.29, 0.717) is 11.5 Å². The lowest BCUT2D eigenvalue weighted by molar-refractivity contribution is 0.631. The van der Waals surface area contributed by atoms with Gasteiger partial charge in [-0.2, -0.15) is 5.10 Å². The first kappa shape index (κ1) is 12.0. The van der Waals surface area contributed by atoms with Crippen molar-refractivity contribution in [2.75, 3.05) is 5.75 Å². The van der Waals surface area contributed by atoms with Crippen LogP contribution in [-0.2, 0) is 0 Å². The third kappa shape index (κ3) is 3.87. The van der Waals surface area contributed by atoms with E-state index in [-0.39, 0.29) is 5.84 Å². The van der Waals surface area contributed by atoms with E-state index >= 15 is 0 Å².